The number of hydrogen-bond acceptors (Lipinski definition) is 3. The molecule has 1 aromatic carbocycles. The molecule has 1 aliphatic heterocycles. The summed E-state index contributed by atoms with van der Waals surface area (Å²) in [6.45, 7) is 1.34. The highest BCUT2D eigenvalue weighted by molar-refractivity contribution is 5.68. The van der Waals surface area contributed by atoms with Crippen LogP contribution in [0.5, 0.6) is 0 Å². The standard InChI is InChI=1S/C15H21N3O4/c1-16(12-5-3-2-4-6-12)8-7-13-11-17(14(19)20)9-10-18(13)15(21)22/h2-6,13H,7-11H2,1H3,(H,19,20)(H,21,22)/t13-/m1/s1. The van der Waals surface area contributed by atoms with Gasteiger partial charge in [-0.2, -0.15) is 0 Å². The molecule has 1 heterocycles. The van der Waals surface area contributed by atoms with Crippen molar-refractivity contribution in [3.05, 3.63) is 30.3 Å². The number of piperazine rings is 1. The number of benzene rings is 1. The maximum Gasteiger partial charge on any atom is 0.407 e. The number of nitrogens with zero attached hydrogens (tertiary/aromatic N) is 3. The summed E-state index contributed by atoms with van der Waals surface area (Å²) >= 11 is 0. The summed E-state index contributed by atoms with van der Waals surface area (Å²) in [5.41, 5.74) is 1.05. The minimum atomic E-state index is -0.994. The second-order valence-electron chi connectivity index (χ2n) is 5.40. The molecule has 7 heteroatoms. The number of para-hydroxylation sites is 1. The van der Waals surface area contributed by atoms with Crippen molar-refractivity contribution < 1.29 is 19.8 Å². The van der Waals surface area contributed by atoms with Gasteiger partial charge in [0.05, 0.1) is 6.04 Å². The molecular formula is C15H21N3O4. The predicted octanol–water partition coefficient (Wildman–Crippen LogP) is 1.86. The Kier molecular flexibility index (Phi) is 5.08. The molecule has 2 amide bonds. The maximum atomic E-state index is 11.3. The van der Waals surface area contributed by atoms with Crippen molar-refractivity contribution in [2.75, 3.05) is 38.1 Å². The van der Waals surface area contributed by atoms with Gasteiger partial charge in [-0.1, -0.05) is 18.2 Å². The number of rotatable bonds is 4. The molecule has 0 radical (unpaired) electrons. The predicted molar refractivity (Wildman–Crippen MR) is 82.4 cm³/mol. The van der Waals surface area contributed by atoms with Crippen molar-refractivity contribution in [1.82, 2.24) is 9.80 Å². The van der Waals surface area contributed by atoms with E-state index in [-0.39, 0.29) is 25.7 Å². The molecule has 22 heavy (non-hydrogen) atoms. The SMILES string of the molecule is CN(CC[C@@H]1CN(C(=O)O)CCN1C(=O)O)c1ccccc1. The molecule has 7 nitrogen and oxygen atoms in total. The first-order valence-corrected chi connectivity index (χ1v) is 7.22. The van der Waals surface area contributed by atoms with Gasteiger partial charge >= 0.3 is 12.2 Å². The van der Waals surface area contributed by atoms with E-state index in [9.17, 15) is 14.7 Å². The van der Waals surface area contributed by atoms with E-state index in [1.165, 1.54) is 9.80 Å². The number of carboxylic acid groups (broad SMARTS) is 2. The Morgan fingerprint density at radius 1 is 1.18 bits per heavy atom. The quantitative estimate of drug-likeness (QED) is 0.887. The Labute approximate surface area is 129 Å². The van der Waals surface area contributed by atoms with Crippen molar-refractivity contribution in [2.45, 2.75) is 12.5 Å². The van der Waals surface area contributed by atoms with Crippen molar-refractivity contribution >= 4 is 17.9 Å². The average Bonchev–Trinajstić information content (AvgIpc) is 2.52. The van der Waals surface area contributed by atoms with Crippen LogP contribution in [0.25, 0.3) is 0 Å². The van der Waals surface area contributed by atoms with Gasteiger partial charge in [-0.25, -0.2) is 9.59 Å². The van der Waals surface area contributed by atoms with Gasteiger partial charge in [0.15, 0.2) is 0 Å². The summed E-state index contributed by atoms with van der Waals surface area (Å²) in [7, 11) is 1.94. The van der Waals surface area contributed by atoms with E-state index in [4.69, 9.17) is 5.11 Å². The third-order valence-electron chi connectivity index (χ3n) is 3.99. The second-order valence-corrected chi connectivity index (χ2v) is 5.40. The van der Waals surface area contributed by atoms with Crippen LogP contribution in [0.15, 0.2) is 30.3 Å². The summed E-state index contributed by atoms with van der Waals surface area (Å²) in [6.07, 6.45) is -1.40. The number of hydrogen-bond donors (Lipinski definition) is 2. The van der Waals surface area contributed by atoms with Crippen LogP contribution >= 0.6 is 0 Å². The topological polar surface area (TPSA) is 84.3 Å². The molecule has 1 fully saturated rings. The average molecular weight is 307 g/mol. The molecule has 0 aromatic heterocycles. The number of amides is 2. The third-order valence-corrected chi connectivity index (χ3v) is 3.99. The molecule has 1 aromatic rings. The minimum absolute atomic E-state index is 0.224. The molecule has 2 N–H and O–H groups in total. The van der Waals surface area contributed by atoms with Crippen molar-refractivity contribution in [2.24, 2.45) is 0 Å². The van der Waals surface area contributed by atoms with Gasteiger partial charge in [0, 0.05) is 38.9 Å². The number of carbonyl (C=O) groups is 2. The maximum absolute atomic E-state index is 11.3. The Morgan fingerprint density at radius 3 is 2.45 bits per heavy atom. The van der Waals surface area contributed by atoms with Crippen molar-refractivity contribution in [1.29, 1.82) is 0 Å². The first kappa shape index (κ1) is 15.9. The fourth-order valence-corrected chi connectivity index (χ4v) is 2.68. The van der Waals surface area contributed by atoms with Crippen LogP contribution in [0.2, 0.25) is 0 Å². The first-order chi connectivity index (χ1) is 10.5. The van der Waals surface area contributed by atoms with Crippen LogP contribution < -0.4 is 4.90 Å². The van der Waals surface area contributed by atoms with E-state index < -0.39 is 12.2 Å². The van der Waals surface area contributed by atoms with Crippen LogP contribution in [-0.4, -0.2) is 71.5 Å². The lowest BCUT2D eigenvalue weighted by Gasteiger charge is -2.39. The summed E-state index contributed by atoms with van der Waals surface area (Å²) in [5.74, 6) is 0. The summed E-state index contributed by atoms with van der Waals surface area (Å²) in [6, 6.07) is 9.49. The number of anilines is 1. The Bertz CT molecular complexity index is 523. The monoisotopic (exact) mass is 307 g/mol. The highest BCUT2D eigenvalue weighted by atomic mass is 16.4. The van der Waals surface area contributed by atoms with Gasteiger partial charge in [-0.3, -0.25) is 0 Å². The van der Waals surface area contributed by atoms with E-state index in [0.717, 1.165) is 5.69 Å². The van der Waals surface area contributed by atoms with Gasteiger partial charge in [0.1, 0.15) is 0 Å². The second kappa shape index (κ2) is 7.02. The highest BCUT2D eigenvalue weighted by Gasteiger charge is 2.32. The Balaban J connectivity index is 1.97. The molecule has 0 saturated carbocycles. The van der Waals surface area contributed by atoms with Crippen LogP contribution in [0, 0.1) is 0 Å². The molecule has 120 valence electrons. The van der Waals surface area contributed by atoms with Crippen LogP contribution in [0.4, 0.5) is 15.3 Å². The van der Waals surface area contributed by atoms with Crippen molar-refractivity contribution in [3.63, 3.8) is 0 Å². The van der Waals surface area contributed by atoms with Gasteiger partial charge in [-0.15, -0.1) is 0 Å². The smallest absolute Gasteiger partial charge is 0.407 e. The lowest BCUT2D eigenvalue weighted by molar-refractivity contribution is 0.0618. The molecule has 1 atom stereocenters. The summed E-state index contributed by atoms with van der Waals surface area (Å²) in [4.78, 5) is 27.1. The molecule has 1 saturated heterocycles. The zero-order valence-electron chi connectivity index (χ0n) is 12.6. The van der Waals surface area contributed by atoms with E-state index >= 15 is 0 Å². The normalized spacial score (nSPS) is 18.1. The zero-order valence-corrected chi connectivity index (χ0v) is 12.6. The van der Waals surface area contributed by atoms with Crippen LogP contribution in [-0.2, 0) is 0 Å². The highest BCUT2D eigenvalue weighted by Crippen LogP contribution is 2.17. The third kappa shape index (κ3) is 3.81. The Hall–Kier alpha value is -2.44. The van der Waals surface area contributed by atoms with Gasteiger partial charge < -0.3 is 24.9 Å². The lowest BCUT2D eigenvalue weighted by atomic mass is 10.1. The van der Waals surface area contributed by atoms with E-state index in [0.29, 0.717) is 13.0 Å². The van der Waals surface area contributed by atoms with E-state index in [1.807, 2.05) is 42.3 Å². The van der Waals surface area contributed by atoms with E-state index in [2.05, 4.69) is 0 Å². The van der Waals surface area contributed by atoms with Gasteiger partial charge in [0.25, 0.3) is 0 Å². The molecule has 0 bridgehead atoms. The van der Waals surface area contributed by atoms with E-state index in [1.54, 1.807) is 0 Å². The fourth-order valence-electron chi connectivity index (χ4n) is 2.68. The molecule has 0 aliphatic carbocycles. The zero-order chi connectivity index (χ0) is 16.1. The largest absolute Gasteiger partial charge is 0.465 e. The lowest BCUT2D eigenvalue weighted by Crippen LogP contribution is -2.56. The van der Waals surface area contributed by atoms with Crippen LogP contribution in [0.3, 0.4) is 0 Å². The van der Waals surface area contributed by atoms with Crippen LogP contribution in [0.1, 0.15) is 6.42 Å². The van der Waals surface area contributed by atoms with Gasteiger partial charge in [-0.05, 0) is 18.6 Å². The Morgan fingerprint density at radius 2 is 1.86 bits per heavy atom. The molecule has 1 aliphatic rings. The fraction of sp³-hybridized carbons (Fsp3) is 0.467. The molecule has 0 unspecified atom stereocenters. The molecular weight excluding hydrogens is 286 g/mol. The van der Waals surface area contributed by atoms with Gasteiger partial charge in [0.2, 0.25) is 0 Å². The first-order valence-electron chi connectivity index (χ1n) is 7.22. The molecule has 0 spiro atoms. The summed E-state index contributed by atoms with van der Waals surface area (Å²) in [5, 5.41) is 18.3. The summed E-state index contributed by atoms with van der Waals surface area (Å²) < 4.78 is 0. The van der Waals surface area contributed by atoms with Crippen molar-refractivity contribution in [3.8, 4) is 0 Å². The molecule has 2 rings (SSSR count). The minimum Gasteiger partial charge on any atom is -0.465 e.